The van der Waals surface area contributed by atoms with E-state index >= 15 is 0 Å². The van der Waals surface area contributed by atoms with Gasteiger partial charge in [0.15, 0.2) is 0 Å². The van der Waals surface area contributed by atoms with E-state index in [2.05, 4.69) is 10.6 Å². The van der Waals surface area contributed by atoms with Gasteiger partial charge in [0.2, 0.25) is 0 Å². The fourth-order valence-electron chi connectivity index (χ4n) is 3.57. The number of esters is 1. The Morgan fingerprint density at radius 2 is 1.74 bits per heavy atom. The smallest absolute Gasteiger partial charge is 0.341 e. The van der Waals surface area contributed by atoms with Crippen molar-refractivity contribution in [2.75, 3.05) is 12.4 Å². The zero-order chi connectivity index (χ0) is 22.5. The third-order valence-corrected chi connectivity index (χ3v) is 6.46. The fourth-order valence-corrected chi connectivity index (χ4v) is 4.67. The van der Waals surface area contributed by atoms with Crippen molar-refractivity contribution in [2.45, 2.75) is 45.1 Å². The van der Waals surface area contributed by atoms with Crippen molar-refractivity contribution in [1.29, 1.82) is 0 Å². The topological polar surface area (TPSA) is 128 Å². The molecule has 0 bridgehead atoms. The average Bonchev–Trinajstić information content (AvgIpc) is 3.09. The van der Waals surface area contributed by atoms with Crippen LogP contribution < -0.4 is 10.6 Å². The minimum atomic E-state index is -0.663. The van der Waals surface area contributed by atoms with Crippen molar-refractivity contribution in [3.8, 4) is 0 Å². The van der Waals surface area contributed by atoms with Crippen LogP contribution in [0.4, 0.5) is 10.7 Å². The second kappa shape index (κ2) is 9.69. The third-order valence-electron chi connectivity index (χ3n) is 5.25. The number of ether oxygens (including phenoxy) is 1. The number of nitro groups is 1. The highest BCUT2D eigenvalue weighted by Gasteiger charge is 2.28. The van der Waals surface area contributed by atoms with Crippen LogP contribution in [0.5, 0.6) is 0 Å². The molecular weight excluding hydrogens is 422 g/mol. The summed E-state index contributed by atoms with van der Waals surface area (Å²) in [5.41, 5.74) is 0.599. The van der Waals surface area contributed by atoms with E-state index in [1.54, 1.807) is 6.92 Å². The number of nitro benzene ring substituents is 1. The molecule has 3 rings (SSSR count). The second-order valence-electron chi connectivity index (χ2n) is 7.32. The zero-order valence-corrected chi connectivity index (χ0v) is 18.0. The number of amides is 2. The predicted molar refractivity (Wildman–Crippen MR) is 116 cm³/mol. The Labute approximate surface area is 182 Å². The number of hydrogen-bond donors (Lipinski definition) is 2. The van der Waals surface area contributed by atoms with Crippen LogP contribution in [0.25, 0.3) is 0 Å². The SMILES string of the molecule is COC(=O)c1c(NC(=O)c2ccc([N+](=O)[O-])cc2)sc(C(=O)NC2CCCCC2)c1C. The van der Waals surface area contributed by atoms with Gasteiger partial charge in [-0.2, -0.15) is 0 Å². The summed E-state index contributed by atoms with van der Waals surface area (Å²) in [7, 11) is 1.23. The van der Waals surface area contributed by atoms with Crippen molar-refractivity contribution in [1.82, 2.24) is 5.32 Å². The number of hydrogen-bond acceptors (Lipinski definition) is 7. The van der Waals surface area contributed by atoms with Gasteiger partial charge < -0.3 is 15.4 Å². The monoisotopic (exact) mass is 445 g/mol. The summed E-state index contributed by atoms with van der Waals surface area (Å²) in [6.07, 6.45) is 5.14. The van der Waals surface area contributed by atoms with E-state index < -0.39 is 16.8 Å². The van der Waals surface area contributed by atoms with E-state index in [1.165, 1.54) is 31.4 Å². The summed E-state index contributed by atoms with van der Waals surface area (Å²) < 4.78 is 4.84. The Balaban J connectivity index is 1.85. The van der Waals surface area contributed by atoms with E-state index in [0.717, 1.165) is 43.4 Å². The molecule has 1 heterocycles. The Morgan fingerprint density at radius 3 is 2.32 bits per heavy atom. The van der Waals surface area contributed by atoms with Crippen LogP contribution in [0, 0.1) is 17.0 Å². The number of anilines is 1. The lowest BCUT2D eigenvalue weighted by Crippen LogP contribution is -2.36. The Hall–Kier alpha value is -3.27. The van der Waals surface area contributed by atoms with Gasteiger partial charge in [0.25, 0.3) is 17.5 Å². The largest absolute Gasteiger partial charge is 0.465 e. The Kier molecular flexibility index (Phi) is 7.01. The minimum Gasteiger partial charge on any atom is -0.465 e. The van der Waals surface area contributed by atoms with Gasteiger partial charge in [-0.05, 0) is 37.5 Å². The highest BCUT2D eigenvalue weighted by atomic mass is 32.1. The first-order valence-electron chi connectivity index (χ1n) is 9.90. The number of carbonyl (C=O) groups excluding carboxylic acids is 3. The number of thiophene rings is 1. The molecule has 1 aliphatic carbocycles. The lowest BCUT2D eigenvalue weighted by molar-refractivity contribution is -0.384. The molecule has 0 atom stereocenters. The van der Waals surface area contributed by atoms with Crippen LogP contribution in [0.2, 0.25) is 0 Å². The number of benzene rings is 1. The first-order chi connectivity index (χ1) is 14.8. The molecule has 0 aliphatic heterocycles. The highest BCUT2D eigenvalue weighted by Crippen LogP contribution is 2.34. The molecular formula is C21H23N3O6S. The molecule has 0 radical (unpaired) electrons. The van der Waals surface area contributed by atoms with E-state index in [0.29, 0.717) is 10.4 Å². The zero-order valence-electron chi connectivity index (χ0n) is 17.2. The molecule has 2 N–H and O–H groups in total. The summed E-state index contributed by atoms with van der Waals surface area (Å²) >= 11 is 1.00. The maximum absolute atomic E-state index is 12.8. The van der Waals surface area contributed by atoms with Crippen LogP contribution in [0.15, 0.2) is 24.3 Å². The minimum absolute atomic E-state index is 0.0995. The second-order valence-corrected chi connectivity index (χ2v) is 8.34. The standard InChI is InChI=1S/C21H23N3O6S/c1-12-16(21(27)30-2)20(23-18(25)13-8-10-15(11-9-13)24(28)29)31-17(12)19(26)22-14-6-4-3-5-7-14/h8-11,14H,3-7H2,1-2H3,(H,22,26)(H,23,25). The van der Waals surface area contributed by atoms with Gasteiger partial charge in [-0.25, -0.2) is 4.79 Å². The molecule has 31 heavy (non-hydrogen) atoms. The molecule has 9 nitrogen and oxygen atoms in total. The van der Waals surface area contributed by atoms with Crippen LogP contribution in [0.3, 0.4) is 0 Å². The van der Waals surface area contributed by atoms with Gasteiger partial charge in [0.05, 0.1) is 22.5 Å². The molecule has 10 heteroatoms. The summed E-state index contributed by atoms with van der Waals surface area (Å²) in [6, 6.07) is 5.19. The summed E-state index contributed by atoms with van der Waals surface area (Å²) in [4.78, 5) is 48.4. The van der Waals surface area contributed by atoms with Crippen molar-refractivity contribution in [3.05, 3.63) is 55.9 Å². The number of rotatable bonds is 6. The summed E-state index contributed by atoms with van der Waals surface area (Å²) in [5, 5.41) is 16.6. The van der Waals surface area contributed by atoms with Gasteiger partial charge in [-0.15, -0.1) is 11.3 Å². The average molecular weight is 445 g/mol. The summed E-state index contributed by atoms with van der Waals surface area (Å²) in [5.74, 6) is -1.50. The quantitative estimate of drug-likeness (QED) is 0.392. The highest BCUT2D eigenvalue weighted by molar-refractivity contribution is 7.18. The third kappa shape index (κ3) is 5.08. The molecule has 164 valence electrons. The number of methoxy groups -OCH3 is 1. The van der Waals surface area contributed by atoms with Crippen LogP contribution >= 0.6 is 11.3 Å². The molecule has 0 spiro atoms. The number of nitrogens with zero attached hydrogens (tertiary/aromatic N) is 1. The number of nitrogens with one attached hydrogen (secondary N) is 2. The molecule has 1 aromatic heterocycles. The van der Waals surface area contributed by atoms with Crippen molar-refractivity contribution in [2.24, 2.45) is 0 Å². The van der Waals surface area contributed by atoms with Gasteiger partial charge in [0.1, 0.15) is 5.00 Å². The first-order valence-corrected chi connectivity index (χ1v) is 10.7. The molecule has 1 saturated carbocycles. The van der Waals surface area contributed by atoms with E-state index in [1.807, 2.05) is 0 Å². The van der Waals surface area contributed by atoms with Gasteiger partial charge >= 0.3 is 5.97 Å². The van der Waals surface area contributed by atoms with Crippen molar-refractivity contribution in [3.63, 3.8) is 0 Å². The Morgan fingerprint density at radius 1 is 1.10 bits per heavy atom. The lowest BCUT2D eigenvalue weighted by Gasteiger charge is -2.22. The van der Waals surface area contributed by atoms with E-state index in [-0.39, 0.29) is 33.8 Å². The first kappa shape index (κ1) is 22.4. The van der Waals surface area contributed by atoms with Gasteiger partial charge in [-0.1, -0.05) is 19.3 Å². The normalized spacial score (nSPS) is 14.0. The summed E-state index contributed by atoms with van der Waals surface area (Å²) in [6.45, 7) is 1.64. The lowest BCUT2D eigenvalue weighted by atomic mass is 9.95. The van der Waals surface area contributed by atoms with Crippen LogP contribution in [-0.4, -0.2) is 35.9 Å². The molecule has 1 aromatic carbocycles. The van der Waals surface area contributed by atoms with Crippen LogP contribution in [-0.2, 0) is 4.74 Å². The molecule has 0 unspecified atom stereocenters. The predicted octanol–water partition coefficient (Wildman–Crippen LogP) is 4.07. The Bertz CT molecular complexity index is 1010. The van der Waals surface area contributed by atoms with Crippen LogP contribution in [0.1, 0.15) is 68.1 Å². The maximum atomic E-state index is 12.8. The van der Waals surface area contributed by atoms with Crippen molar-refractivity contribution >= 4 is 39.8 Å². The molecule has 1 aliphatic rings. The maximum Gasteiger partial charge on any atom is 0.341 e. The molecule has 0 saturated heterocycles. The molecule has 2 amide bonds. The number of non-ortho nitro benzene ring substituents is 1. The molecule has 2 aromatic rings. The van der Waals surface area contributed by atoms with Crippen molar-refractivity contribution < 1.29 is 24.0 Å². The van der Waals surface area contributed by atoms with E-state index in [4.69, 9.17) is 4.74 Å². The van der Waals surface area contributed by atoms with Gasteiger partial charge in [-0.3, -0.25) is 19.7 Å². The van der Waals surface area contributed by atoms with Gasteiger partial charge in [0, 0.05) is 23.7 Å². The number of carbonyl (C=O) groups is 3. The van der Waals surface area contributed by atoms with E-state index in [9.17, 15) is 24.5 Å². The fraction of sp³-hybridized carbons (Fsp3) is 0.381. The molecule has 1 fully saturated rings.